The van der Waals surface area contributed by atoms with E-state index in [2.05, 4.69) is 31.3 Å². The lowest BCUT2D eigenvalue weighted by Crippen LogP contribution is -2.66. The van der Waals surface area contributed by atoms with E-state index in [0.29, 0.717) is 6.42 Å². The third-order valence-corrected chi connectivity index (χ3v) is 16.7. The number of allylic oxidation sites excluding steroid dienone is 3. The minimum Gasteiger partial charge on any atom is -0.394 e. The number of amides is 1. The first-order valence-corrected chi connectivity index (χ1v) is 33.1. The second-order valence-electron chi connectivity index (χ2n) is 23.9. The van der Waals surface area contributed by atoms with Crippen LogP contribution in [0.4, 0.5) is 0 Å². The summed E-state index contributed by atoms with van der Waals surface area (Å²) in [6.07, 6.45) is 25.6. The molecule has 19 heteroatoms. The highest BCUT2D eigenvalue weighted by atomic mass is 16.8. The van der Waals surface area contributed by atoms with Crippen molar-refractivity contribution in [1.29, 1.82) is 0 Å². The van der Waals surface area contributed by atoms with Crippen LogP contribution in [0.5, 0.6) is 0 Å². The smallest absolute Gasteiger partial charge is 0.220 e. The van der Waals surface area contributed by atoms with Crippen molar-refractivity contribution in [3.63, 3.8) is 0 Å². The Bertz CT molecular complexity index is 1610. The lowest BCUT2D eigenvalue weighted by atomic mass is 9.96. The van der Waals surface area contributed by atoms with E-state index in [4.69, 9.17) is 28.4 Å². The topological polar surface area (TPSA) is 307 Å². The number of carbonyl (C=O) groups is 1. The molecule has 3 aliphatic heterocycles. The van der Waals surface area contributed by atoms with E-state index < -0.39 is 124 Å². The molecule has 1 amide bonds. The van der Waals surface area contributed by atoms with Gasteiger partial charge in [-0.15, -0.1) is 0 Å². The van der Waals surface area contributed by atoms with Gasteiger partial charge in [0.15, 0.2) is 18.9 Å². The fourth-order valence-corrected chi connectivity index (χ4v) is 11.3. The Morgan fingerprint density at radius 3 is 1.19 bits per heavy atom. The third kappa shape index (κ3) is 30.4. The van der Waals surface area contributed by atoms with Gasteiger partial charge in [0.25, 0.3) is 0 Å². The van der Waals surface area contributed by atoms with Crippen molar-refractivity contribution < 1.29 is 89.4 Å². The molecule has 17 unspecified atom stereocenters. The summed E-state index contributed by atoms with van der Waals surface area (Å²) in [5.41, 5.74) is 0. The van der Waals surface area contributed by atoms with E-state index >= 15 is 0 Å². The fourth-order valence-electron chi connectivity index (χ4n) is 11.3. The van der Waals surface area contributed by atoms with Crippen molar-refractivity contribution in [3.05, 3.63) is 24.3 Å². The molecule has 3 aliphatic rings. The van der Waals surface area contributed by atoms with Crippen molar-refractivity contribution in [2.24, 2.45) is 0 Å². The van der Waals surface area contributed by atoms with Crippen LogP contribution in [-0.2, 0) is 33.2 Å². The Kier molecular flexibility index (Phi) is 43.0. The molecule has 12 N–H and O–H groups in total. The van der Waals surface area contributed by atoms with Gasteiger partial charge in [-0.05, 0) is 44.9 Å². The number of aliphatic hydroxyl groups excluding tert-OH is 11. The average Bonchev–Trinajstić information content (AvgIpc) is 3.63. The van der Waals surface area contributed by atoms with Gasteiger partial charge in [-0.3, -0.25) is 4.79 Å². The summed E-state index contributed by atoms with van der Waals surface area (Å²) in [6, 6.07) is -0.966. The summed E-state index contributed by atoms with van der Waals surface area (Å²) in [6.45, 7) is 1.61. The van der Waals surface area contributed by atoms with Gasteiger partial charge in [-0.2, -0.15) is 0 Å². The van der Waals surface area contributed by atoms with Crippen LogP contribution >= 0.6 is 0 Å². The van der Waals surface area contributed by atoms with Gasteiger partial charge in [0.05, 0.1) is 38.6 Å². The number of hydrogen-bond acceptors (Lipinski definition) is 18. The SMILES string of the molecule is CCCCC/C=C/C(O)C(COC1OC(CO)C(OC2OC(CO)C(OC3OC(CO)C(O)C(O)C3O)C(O)C2O)C(O)C1O)NC(=O)CCCCCCCCCCCCCCCCCCCCCCC/C=C\CCCCCCCCCC. The minimum atomic E-state index is -1.97. The van der Waals surface area contributed by atoms with Crippen molar-refractivity contribution >= 4 is 5.91 Å². The molecule has 3 rings (SSSR count). The van der Waals surface area contributed by atoms with Crippen LogP contribution in [0.2, 0.25) is 0 Å². The number of hydrogen-bond donors (Lipinski definition) is 12. The highest BCUT2D eigenvalue weighted by Gasteiger charge is 2.53. The maximum atomic E-state index is 13.2. The van der Waals surface area contributed by atoms with E-state index in [1.54, 1.807) is 6.08 Å². The maximum absolute atomic E-state index is 13.2. The molecular formula is C64H119NO18. The van der Waals surface area contributed by atoms with Crippen LogP contribution in [0.15, 0.2) is 24.3 Å². The number of ether oxygens (including phenoxy) is 6. The Morgan fingerprint density at radius 2 is 0.759 bits per heavy atom. The molecule has 0 saturated carbocycles. The summed E-state index contributed by atoms with van der Waals surface area (Å²) < 4.78 is 34.1. The van der Waals surface area contributed by atoms with Gasteiger partial charge in [-0.1, -0.05) is 218 Å². The zero-order valence-electron chi connectivity index (χ0n) is 51.2. The molecule has 0 aliphatic carbocycles. The average molecular weight is 1190 g/mol. The lowest BCUT2D eigenvalue weighted by Gasteiger charge is -2.48. The van der Waals surface area contributed by atoms with Crippen molar-refractivity contribution in [2.45, 2.75) is 349 Å². The van der Waals surface area contributed by atoms with E-state index in [9.17, 15) is 61.0 Å². The van der Waals surface area contributed by atoms with Crippen molar-refractivity contribution in [1.82, 2.24) is 5.32 Å². The first kappa shape index (κ1) is 75.5. The van der Waals surface area contributed by atoms with Gasteiger partial charge in [0.1, 0.15) is 73.2 Å². The maximum Gasteiger partial charge on any atom is 0.220 e. The number of rotatable bonds is 50. The molecule has 0 radical (unpaired) electrons. The van der Waals surface area contributed by atoms with Crippen LogP contribution in [0.25, 0.3) is 0 Å². The molecule has 3 fully saturated rings. The zero-order valence-corrected chi connectivity index (χ0v) is 51.2. The molecule has 0 aromatic heterocycles. The summed E-state index contributed by atoms with van der Waals surface area (Å²) in [4.78, 5) is 13.2. The fraction of sp³-hybridized carbons (Fsp3) is 0.922. The quantitative estimate of drug-likeness (QED) is 0.0207. The van der Waals surface area contributed by atoms with Crippen molar-refractivity contribution in [2.75, 3.05) is 26.4 Å². The zero-order chi connectivity index (χ0) is 60.5. The molecule has 19 nitrogen and oxygen atoms in total. The molecule has 0 aromatic rings. The summed E-state index contributed by atoms with van der Waals surface area (Å²) in [5, 5.41) is 120. The third-order valence-electron chi connectivity index (χ3n) is 16.7. The Labute approximate surface area is 498 Å². The van der Waals surface area contributed by atoms with E-state index in [0.717, 1.165) is 44.9 Å². The van der Waals surface area contributed by atoms with E-state index in [1.807, 2.05) is 6.08 Å². The molecule has 17 atom stereocenters. The molecule has 0 bridgehead atoms. The second-order valence-corrected chi connectivity index (χ2v) is 23.9. The Morgan fingerprint density at radius 1 is 0.422 bits per heavy atom. The first-order valence-electron chi connectivity index (χ1n) is 33.1. The summed E-state index contributed by atoms with van der Waals surface area (Å²) >= 11 is 0. The molecular weight excluding hydrogens is 1070 g/mol. The predicted octanol–water partition coefficient (Wildman–Crippen LogP) is 7.49. The number of unbranched alkanes of at least 4 members (excludes halogenated alkanes) is 32. The standard InChI is InChI=1S/C64H119NO18/c1-3-5-7-9-10-11-12-13-14-15-16-17-18-19-20-21-22-23-24-25-26-27-28-29-30-31-32-33-34-35-36-38-40-42-52(70)65-47(48(69)41-39-37-8-6-4-2)46-78-62-58(76)55(73)60(50(44-67)80-62)83-64-59(77)56(74)61(51(45-68)81-64)82-63-57(75)54(72)53(71)49(43-66)79-63/h15-16,39,41,47-51,53-64,66-69,71-77H,3-14,17-38,40,42-46H2,1-2H3,(H,65,70)/b16-15-,41-39+. The molecule has 3 saturated heterocycles. The minimum absolute atomic E-state index is 0.246. The van der Waals surface area contributed by atoms with Crippen LogP contribution in [0.1, 0.15) is 245 Å². The van der Waals surface area contributed by atoms with Crippen LogP contribution < -0.4 is 5.32 Å². The predicted molar refractivity (Wildman–Crippen MR) is 319 cm³/mol. The van der Waals surface area contributed by atoms with Gasteiger partial charge in [0, 0.05) is 6.42 Å². The second kappa shape index (κ2) is 47.3. The number of aliphatic hydroxyl groups is 11. The Hall–Kier alpha value is -1.73. The highest BCUT2D eigenvalue weighted by molar-refractivity contribution is 5.76. The van der Waals surface area contributed by atoms with E-state index in [1.165, 1.54) is 173 Å². The van der Waals surface area contributed by atoms with Gasteiger partial charge < -0.3 is 89.9 Å². The van der Waals surface area contributed by atoms with Gasteiger partial charge >= 0.3 is 0 Å². The molecule has 83 heavy (non-hydrogen) atoms. The summed E-state index contributed by atoms with van der Waals surface area (Å²) in [5.74, 6) is -0.279. The lowest BCUT2D eigenvalue weighted by molar-refractivity contribution is -0.379. The van der Waals surface area contributed by atoms with Crippen LogP contribution in [0, 0.1) is 0 Å². The van der Waals surface area contributed by atoms with Gasteiger partial charge in [-0.25, -0.2) is 0 Å². The van der Waals surface area contributed by atoms with Crippen LogP contribution in [-0.4, -0.2) is 193 Å². The molecule has 0 spiro atoms. The molecule has 0 aromatic carbocycles. The summed E-state index contributed by atoms with van der Waals surface area (Å²) in [7, 11) is 0. The molecule has 488 valence electrons. The number of carbonyl (C=O) groups excluding carboxylic acids is 1. The first-order chi connectivity index (χ1) is 40.3. The highest BCUT2D eigenvalue weighted by Crippen LogP contribution is 2.33. The normalized spacial score (nSPS) is 29.5. The Balaban J connectivity index is 1.27. The number of nitrogens with one attached hydrogen (secondary N) is 1. The largest absolute Gasteiger partial charge is 0.394 e. The monoisotopic (exact) mass is 1190 g/mol. The van der Waals surface area contributed by atoms with Gasteiger partial charge in [0.2, 0.25) is 5.91 Å². The molecule has 3 heterocycles. The van der Waals surface area contributed by atoms with E-state index in [-0.39, 0.29) is 18.9 Å². The van der Waals surface area contributed by atoms with Crippen molar-refractivity contribution in [3.8, 4) is 0 Å². The van der Waals surface area contributed by atoms with Crippen LogP contribution in [0.3, 0.4) is 0 Å².